The van der Waals surface area contributed by atoms with Crippen molar-refractivity contribution >= 4 is 46.5 Å². The zero-order valence-corrected chi connectivity index (χ0v) is 20.3. The number of allylic oxidation sites excluding steroid dienone is 1. The van der Waals surface area contributed by atoms with Gasteiger partial charge in [-0.3, -0.25) is 14.3 Å². The Kier molecular flexibility index (Phi) is 6.37. The molecule has 4 heterocycles. The quantitative estimate of drug-likeness (QED) is 0.226. The van der Waals surface area contributed by atoms with Crippen molar-refractivity contribution in [3.63, 3.8) is 0 Å². The average molecular weight is 492 g/mol. The van der Waals surface area contributed by atoms with Gasteiger partial charge in [-0.05, 0) is 63.1 Å². The predicted octanol–water partition coefficient (Wildman–Crippen LogP) is 4.04. The molecule has 1 unspecified atom stereocenters. The van der Waals surface area contributed by atoms with Crippen LogP contribution in [0.2, 0.25) is 0 Å². The summed E-state index contributed by atoms with van der Waals surface area (Å²) in [5.74, 6) is 0.994. The molecule has 2 N–H and O–H groups in total. The number of H-pyrrole nitrogens is 1. The maximum Gasteiger partial charge on any atom is 0.231 e. The Balaban J connectivity index is 1.39. The lowest BCUT2D eigenvalue weighted by Gasteiger charge is -2.36. The molecule has 35 heavy (non-hydrogen) atoms. The molecule has 0 radical (unpaired) electrons. The highest BCUT2D eigenvalue weighted by atomic mass is 35.5. The molecule has 5 rings (SSSR count). The van der Waals surface area contributed by atoms with Gasteiger partial charge in [-0.25, -0.2) is 4.68 Å². The predicted molar refractivity (Wildman–Crippen MR) is 136 cm³/mol. The fraction of sp³-hybridized carbons (Fsp3) is 0.292. The highest BCUT2D eigenvalue weighted by molar-refractivity contribution is 6.27. The maximum atomic E-state index is 10.7. The van der Waals surface area contributed by atoms with Crippen molar-refractivity contribution in [2.75, 3.05) is 22.8 Å². The van der Waals surface area contributed by atoms with Crippen LogP contribution in [0.15, 0.2) is 48.8 Å². The van der Waals surface area contributed by atoms with E-state index in [0.29, 0.717) is 24.0 Å². The van der Waals surface area contributed by atoms with Gasteiger partial charge in [-0.15, -0.1) is 0 Å². The van der Waals surface area contributed by atoms with Gasteiger partial charge in [-0.1, -0.05) is 0 Å². The van der Waals surface area contributed by atoms with Crippen LogP contribution in [0, 0.1) is 13.8 Å². The van der Waals surface area contributed by atoms with E-state index in [1.54, 1.807) is 16.8 Å². The second-order valence-electron chi connectivity index (χ2n) is 8.59. The molecule has 0 amide bonds. The van der Waals surface area contributed by atoms with Gasteiger partial charge >= 0.3 is 0 Å². The van der Waals surface area contributed by atoms with Crippen molar-refractivity contribution in [3.05, 3.63) is 60.2 Å². The maximum absolute atomic E-state index is 10.7. The summed E-state index contributed by atoms with van der Waals surface area (Å²) < 4.78 is 3.57. The molecule has 10 nitrogen and oxygen atoms in total. The number of aromatic nitrogens is 6. The van der Waals surface area contributed by atoms with Crippen molar-refractivity contribution < 1.29 is 4.79 Å². The molecule has 0 spiro atoms. The van der Waals surface area contributed by atoms with E-state index < -0.39 is 0 Å². The summed E-state index contributed by atoms with van der Waals surface area (Å²) in [5, 5.41) is 15.6. The molecule has 0 saturated carbocycles. The first-order chi connectivity index (χ1) is 17.0. The molecule has 0 bridgehead atoms. The number of carbonyl (C=O) groups is 1. The SMILES string of the molecule is Cc1cc(C)n(-c2ccc(Nc3nc(N(Cl)C4CCCN(C=CC=O)C4)c4cn[nH]c4n3)cc2)n1. The van der Waals surface area contributed by atoms with Crippen molar-refractivity contribution in [1.82, 2.24) is 34.8 Å². The first-order valence-electron chi connectivity index (χ1n) is 11.4. The minimum absolute atomic E-state index is 0.0163. The zero-order valence-electron chi connectivity index (χ0n) is 19.5. The summed E-state index contributed by atoms with van der Waals surface area (Å²) in [6.45, 7) is 5.58. The van der Waals surface area contributed by atoms with Crippen molar-refractivity contribution in [2.45, 2.75) is 32.7 Å². The fourth-order valence-corrected chi connectivity index (χ4v) is 4.67. The van der Waals surface area contributed by atoms with E-state index in [4.69, 9.17) is 16.8 Å². The number of rotatable bonds is 7. The van der Waals surface area contributed by atoms with Crippen LogP contribution in [-0.2, 0) is 4.79 Å². The van der Waals surface area contributed by atoms with Gasteiger partial charge < -0.3 is 10.2 Å². The molecule has 180 valence electrons. The Labute approximate surface area is 207 Å². The number of fused-ring (bicyclic) bond motifs is 1. The van der Waals surface area contributed by atoms with Gasteiger partial charge in [-0.2, -0.15) is 20.2 Å². The van der Waals surface area contributed by atoms with Crippen molar-refractivity contribution in [2.24, 2.45) is 0 Å². The van der Waals surface area contributed by atoms with E-state index in [0.717, 1.165) is 53.8 Å². The number of hydrogen-bond acceptors (Lipinski definition) is 8. The van der Waals surface area contributed by atoms with Gasteiger partial charge in [0.05, 0.1) is 29.0 Å². The molecule has 1 aromatic carbocycles. The highest BCUT2D eigenvalue weighted by Gasteiger charge is 2.26. The molecular weight excluding hydrogens is 466 g/mol. The number of piperidine rings is 1. The Morgan fingerprint density at radius 2 is 2.06 bits per heavy atom. The zero-order chi connectivity index (χ0) is 24.4. The van der Waals surface area contributed by atoms with Crippen LogP contribution >= 0.6 is 11.8 Å². The fourth-order valence-electron chi connectivity index (χ4n) is 4.38. The van der Waals surface area contributed by atoms with Crippen LogP contribution in [0.1, 0.15) is 24.2 Å². The lowest BCUT2D eigenvalue weighted by Crippen LogP contribution is -2.42. The van der Waals surface area contributed by atoms with E-state index >= 15 is 0 Å². The normalized spacial score (nSPS) is 16.2. The molecule has 1 saturated heterocycles. The summed E-state index contributed by atoms with van der Waals surface area (Å²) in [5.41, 5.74) is 4.46. The number of hydrogen-bond donors (Lipinski definition) is 2. The number of nitrogens with zero attached hydrogens (tertiary/aromatic N) is 7. The minimum atomic E-state index is 0.0163. The molecule has 3 aromatic heterocycles. The van der Waals surface area contributed by atoms with Crippen LogP contribution in [-0.4, -0.2) is 60.3 Å². The summed E-state index contributed by atoms with van der Waals surface area (Å²) >= 11 is 6.84. The Hall–Kier alpha value is -3.92. The molecule has 0 aliphatic carbocycles. The van der Waals surface area contributed by atoms with Crippen LogP contribution in [0.25, 0.3) is 16.7 Å². The number of likely N-dealkylation sites (tertiary alicyclic amines) is 1. The van der Waals surface area contributed by atoms with E-state index in [1.807, 2.05) is 48.9 Å². The number of halogens is 1. The number of anilines is 3. The summed E-state index contributed by atoms with van der Waals surface area (Å²) in [7, 11) is 0. The number of benzene rings is 1. The number of carbonyl (C=O) groups excluding carboxylic acids is 1. The lowest BCUT2D eigenvalue weighted by molar-refractivity contribution is -0.104. The second kappa shape index (κ2) is 9.75. The highest BCUT2D eigenvalue weighted by Crippen LogP contribution is 2.31. The van der Waals surface area contributed by atoms with E-state index in [-0.39, 0.29) is 6.04 Å². The molecule has 1 atom stereocenters. The monoisotopic (exact) mass is 491 g/mol. The minimum Gasteiger partial charge on any atom is -0.375 e. The van der Waals surface area contributed by atoms with Gasteiger partial charge in [0.2, 0.25) is 5.95 Å². The third-order valence-corrected chi connectivity index (χ3v) is 6.43. The molecule has 4 aromatic rings. The average Bonchev–Trinajstić information content (AvgIpc) is 3.48. The van der Waals surface area contributed by atoms with E-state index in [1.165, 1.54) is 6.08 Å². The third kappa shape index (κ3) is 4.83. The van der Waals surface area contributed by atoms with Crippen molar-refractivity contribution in [3.8, 4) is 5.69 Å². The third-order valence-electron chi connectivity index (χ3n) is 5.99. The molecule has 1 fully saturated rings. The first-order valence-corrected chi connectivity index (χ1v) is 11.8. The number of nitrogens with one attached hydrogen (secondary N) is 2. The van der Waals surface area contributed by atoms with E-state index in [9.17, 15) is 4.79 Å². The van der Waals surface area contributed by atoms with Gasteiger partial charge in [0, 0.05) is 42.4 Å². The lowest BCUT2D eigenvalue weighted by atomic mass is 10.1. The number of aldehydes is 1. The molecular formula is C24H26ClN9O. The van der Waals surface area contributed by atoms with Gasteiger partial charge in [0.1, 0.15) is 6.29 Å². The topological polar surface area (TPSA) is 108 Å². The largest absolute Gasteiger partial charge is 0.375 e. The summed E-state index contributed by atoms with van der Waals surface area (Å²) in [4.78, 5) is 22.1. The Bertz CT molecular complexity index is 1360. The Morgan fingerprint density at radius 1 is 1.23 bits per heavy atom. The number of aryl methyl sites for hydroxylation is 2. The van der Waals surface area contributed by atoms with Gasteiger partial charge in [0.25, 0.3) is 0 Å². The van der Waals surface area contributed by atoms with E-state index in [2.05, 4.69) is 30.5 Å². The van der Waals surface area contributed by atoms with Crippen LogP contribution in [0.4, 0.5) is 17.5 Å². The molecule has 1 aliphatic heterocycles. The van der Waals surface area contributed by atoms with Crippen molar-refractivity contribution in [1.29, 1.82) is 0 Å². The standard InChI is InChI=1S/C24H26ClN9O/c1-16-13-17(2)34(31-16)19-8-6-18(7-9-19)27-24-28-22-21(14-26-30-22)23(29-24)33(25)20-5-3-10-32(15-20)11-4-12-35/h4,6-9,11-14,20H,3,5,10,15H2,1-2H3,(H2,26,27,28,29,30). The summed E-state index contributed by atoms with van der Waals surface area (Å²) in [6.07, 6.45) is 7.64. The second-order valence-corrected chi connectivity index (χ2v) is 8.96. The van der Waals surface area contributed by atoms with Crippen LogP contribution < -0.4 is 9.74 Å². The van der Waals surface area contributed by atoms with Crippen LogP contribution in [0.5, 0.6) is 0 Å². The molecule has 1 aliphatic rings. The Morgan fingerprint density at radius 3 is 2.80 bits per heavy atom. The van der Waals surface area contributed by atoms with Gasteiger partial charge in [0.15, 0.2) is 11.5 Å². The smallest absolute Gasteiger partial charge is 0.231 e. The number of aromatic amines is 1. The summed E-state index contributed by atoms with van der Waals surface area (Å²) in [6, 6.07) is 9.97. The van der Waals surface area contributed by atoms with Crippen LogP contribution in [0.3, 0.4) is 0 Å². The first kappa shape index (κ1) is 22.9. The molecule has 11 heteroatoms.